The first-order chi connectivity index (χ1) is 7.36. The Labute approximate surface area is 105 Å². The molecule has 86 valence electrons. The van der Waals surface area contributed by atoms with Crippen molar-refractivity contribution in [3.05, 3.63) is 29.8 Å². The highest BCUT2D eigenvalue weighted by molar-refractivity contribution is 9.08. The summed E-state index contributed by atoms with van der Waals surface area (Å²) in [6.07, 6.45) is 0. The van der Waals surface area contributed by atoms with Gasteiger partial charge in [-0.3, -0.25) is 4.72 Å². The van der Waals surface area contributed by atoms with Gasteiger partial charge in [0.25, 0.3) is 0 Å². The van der Waals surface area contributed by atoms with Crippen LogP contribution in [0.1, 0.15) is 19.4 Å². The van der Waals surface area contributed by atoms with Crippen LogP contribution in [0.4, 0.5) is 0 Å². The second-order valence-electron chi connectivity index (χ2n) is 2.50. The third-order valence-corrected chi connectivity index (χ3v) is 2.99. The Balaban J connectivity index is 0.000000921. The highest BCUT2D eigenvalue weighted by Crippen LogP contribution is 2.15. The molecule has 15 heavy (non-hydrogen) atoms. The molecule has 0 saturated heterocycles. The van der Waals surface area contributed by atoms with E-state index in [1.165, 1.54) is 17.5 Å². The number of hydrogen-bond donors (Lipinski definition) is 2. The minimum absolute atomic E-state index is 0.173. The molecule has 0 aliphatic heterocycles. The van der Waals surface area contributed by atoms with Crippen LogP contribution >= 0.6 is 27.9 Å². The molecule has 0 heterocycles. The van der Waals surface area contributed by atoms with Crippen LogP contribution in [0.3, 0.4) is 0 Å². The van der Waals surface area contributed by atoms with Crippen LogP contribution < -0.4 is 4.72 Å². The fourth-order valence-corrected chi connectivity index (χ4v) is 1.83. The first kappa shape index (κ1) is 15.0. The van der Waals surface area contributed by atoms with Crippen LogP contribution in [0.15, 0.2) is 29.2 Å². The molecular formula is C11H18BrNOS. The van der Waals surface area contributed by atoms with E-state index in [9.17, 15) is 0 Å². The summed E-state index contributed by atoms with van der Waals surface area (Å²) in [5, 5.41) is 9.44. The van der Waals surface area contributed by atoms with Crippen LogP contribution in [0.5, 0.6) is 0 Å². The van der Waals surface area contributed by atoms with Crippen molar-refractivity contribution < 1.29 is 5.11 Å². The zero-order chi connectivity index (χ0) is 11.5. The van der Waals surface area contributed by atoms with Crippen LogP contribution in [0.2, 0.25) is 0 Å². The van der Waals surface area contributed by atoms with Gasteiger partial charge in [-0.15, -0.1) is 0 Å². The van der Waals surface area contributed by atoms with Gasteiger partial charge in [-0.25, -0.2) is 0 Å². The quantitative estimate of drug-likeness (QED) is 0.496. The average molecular weight is 292 g/mol. The third kappa shape index (κ3) is 6.95. The van der Waals surface area contributed by atoms with Crippen molar-refractivity contribution in [1.82, 2.24) is 4.72 Å². The van der Waals surface area contributed by atoms with Gasteiger partial charge >= 0.3 is 0 Å². The fourth-order valence-electron chi connectivity index (χ4n) is 0.827. The van der Waals surface area contributed by atoms with Gasteiger partial charge in [0.05, 0.1) is 6.61 Å². The number of nitrogens with one attached hydrogen (secondary N) is 1. The number of aliphatic hydroxyl groups is 1. The Morgan fingerprint density at radius 2 is 1.87 bits per heavy atom. The first-order valence-electron chi connectivity index (χ1n) is 5.02. The standard InChI is InChI=1S/C9H12BrNOS.C2H6/c10-7-8-1-3-9(4-2-8)13-11-5-6-12;1-2/h1-4,11-12H,5-7H2;1-2H3. The van der Waals surface area contributed by atoms with Crippen LogP contribution in [0.25, 0.3) is 0 Å². The van der Waals surface area contributed by atoms with Crippen LogP contribution in [-0.4, -0.2) is 18.3 Å². The summed E-state index contributed by atoms with van der Waals surface area (Å²) in [4.78, 5) is 1.16. The average Bonchev–Trinajstić information content (AvgIpc) is 2.33. The number of alkyl halides is 1. The maximum Gasteiger partial charge on any atom is 0.0565 e. The van der Waals surface area contributed by atoms with E-state index in [2.05, 4.69) is 44.9 Å². The minimum atomic E-state index is 0.173. The fraction of sp³-hybridized carbons (Fsp3) is 0.455. The van der Waals surface area contributed by atoms with E-state index in [4.69, 9.17) is 5.11 Å². The molecule has 0 bridgehead atoms. The van der Waals surface area contributed by atoms with Crippen LogP contribution in [-0.2, 0) is 5.33 Å². The van der Waals surface area contributed by atoms with Gasteiger partial charge in [-0.05, 0) is 29.6 Å². The largest absolute Gasteiger partial charge is 0.395 e. The van der Waals surface area contributed by atoms with Crippen LogP contribution in [0, 0.1) is 0 Å². The molecule has 0 spiro atoms. The Bertz CT molecular complexity index is 241. The molecule has 1 rings (SSSR count). The van der Waals surface area contributed by atoms with Gasteiger partial charge in [0.2, 0.25) is 0 Å². The lowest BCUT2D eigenvalue weighted by atomic mass is 10.2. The monoisotopic (exact) mass is 291 g/mol. The molecule has 0 atom stereocenters. The second kappa shape index (κ2) is 10.5. The van der Waals surface area contributed by atoms with Gasteiger partial charge in [-0.2, -0.15) is 0 Å². The molecule has 1 aromatic rings. The van der Waals surface area contributed by atoms with Crippen molar-refractivity contribution in [3.8, 4) is 0 Å². The molecule has 0 fully saturated rings. The lowest BCUT2D eigenvalue weighted by molar-refractivity contribution is 0.302. The SMILES string of the molecule is CC.OCCNSc1ccc(CBr)cc1. The van der Waals surface area contributed by atoms with Crippen molar-refractivity contribution >= 4 is 27.9 Å². The normalized spacial score (nSPS) is 9.33. The van der Waals surface area contributed by atoms with Gasteiger partial charge in [0.1, 0.15) is 0 Å². The maximum atomic E-state index is 8.54. The predicted octanol–water partition coefficient (Wildman–Crippen LogP) is 3.20. The second-order valence-corrected chi connectivity index (χ2v) is 4.02. The summed E-state index contributed by atoms with van der Waals surface area (Å²) in [6.45, 7) is 4.79. The molecule has 0 radical (unpaired) electrons. The van der Waals surface area contributed by atoms with E-state index in [1.54, 1.807) is 0 Å². The molecule has 0 aromatic heterocycles. The molecule has 2 N–H and O–H groups in total. The van der Waals surface area contributed by atoms with Gasteiger partial charge in [0.15, 0.2) is 0 Å². The summed E-state index contributed by atoms with van der Waals surface area (Å²) < 4.78 is 3.04. The Morgan fingerprint density at radius 1 is 1.27 bits per heavy atom. The van der Waals surface area contributed by atoms with Crippen molar-refractivity contribution in [3.63, 3.8) is 0 Å². The van der Waals surface area contributed by atoms with Gasteiger partial charge in [-0.1, -0.05) is 41.9 Å². The summed E-state index contributed by atoms with van der Waals surface area (Å²) in [5.41, 5.74) is 1.27. The number of halogens is 1. The van der Waals surface area contributed by atoms with Crippen molar-refractivity contribution in [2.45, 2.75) is 24.1 Å². The molecular weight excluding hydrogens is 274 g/mol. The third-order valence-electron chi connectivity index (χ3n) is 1.48. The zero-order valence-electron chi connectivity index (χ0n) is 9.16. The summed E-state index contributed by atoms with van der Waals surface area (Å²) in [5.74, 6) is 0. The van der Waals surface area contributed by atoms with E-state index in [0.29, 0.717) is 6.54 Å². The molecule has 0 amide bonds. The number of rotatable bonds is 5. The Kier molecular flexibility index (Phi) is 10.5. The minimum Gasteiger partial charge on any atom is -0.395 e. The number of hydrogen-bond acceptors (Lipinski definition) is 3. The van der Waals surface area contributed by atoms with Crippen molar-refractivity contribution in [1.29, 1.82) is 0 Å². The highest BCUT2D eigenvalue weighted by atomic mass is 79.9. The molecule has 0 aliphatic carbocycles. The lowest BCUT2D eigenvalue weighted by Crippen LogP contribution is -2.08. The summed E-state index contributed by atoms with van der Waals surface area (Å²) in [6, 6.07) is 8.28. The highest BCUT2D eigenvalue weighted by Gasteiger charge is 1.93. The van der Waals surface area contributed by atoms with E-state index in [1.807, 2.05) is 13.8 Å². The molecule has 0 saturated carbocycles. The molecule has 0 aliphatic rings. The van der Waals surface area contributed by atoms with Crippen molar-refractivity contribution in [2.24, 2.45) is 0 Å². The van der Waals surface area contributed by atoms with Crippen molar-refractivity contribution in [2.75, 3.05) is 13.2 Å². The van der Waals surface area contributed by atoms with E-state index in [0.717, 1.165) is 10.2 Å². The van der Waals surface area contributed by atoms with E-state index in [-0.39, 0.29) is 6.61 Å². The smallest absolute Gasteiger partial charge is 0.0565 e. The Morgan fingerprint density at radius 3 is 2.33 bits per heavy atom. The predicted molar refractivity (Wildman–Crippen MR) is 71.4 cm³/mol. The molecule has 4 heteroatoms. The number of aliphatic hydroxyl groups excluding tert-OH is 1. The summed E-state index contributed by atoms with van der Waals surface area (Å²) >= 11 is 4.93. The zero-order valence-corrected chi connectivity index (χ0v) is 11.6. The topological polar surface area (TPSA) is 32.3 Å². The van der Waals surface area contributed by atoms with Gasteiger partial charge < -0.3 is 5.11 Å². The van der Waals surface area contributed by atoms with E-state index < -0.39 is 0 Å². The van der Waals surface area contributed by atoms with Gasteiger partial charge in [0, 0.05) is 16.8 Å². The van der Waals surface area contributed by atoms with E-state index >= 15 is 0 Å². The summed E-state index contributed by atoms with van der Waals surface area (Å²) in [7, 11) is 0. The lowest BCUT2D eigenvalue weighted by Gasteiger charge is -2.02. The Hall–Kier alpha value is -0.0300. The first-order valence-corrected chi connectivity index (χ1v) is 6.96. The molecule has 0 unspecified atom stereocenters. The number of benzene rings is 1. The maximum absolute atomic E-state index is 8.54. The molecule has 1 aromatic carbocycles. The molecule has 2 nitrogen and oxygen atoms in total.